The Kier molecular flexibility index (Phi) is 4.61. The minimum atomic E-state index is -0.109. The van der Waals surface area contributed by atoms with Crippen molar-refractivity contribution >= 4 is 33.5 Å². The summed E-state index contributed by atoms with van der Waals surface area (Å²) in [6.45, 7) is 1.26. The molecule has 0 aromatic carbocycles. The predicted molar refractivity (Wildman–Crippen MR) is 102 cm³/mol. The number of piperidine rings is 1. The summed E-state index contributed by atoms with van der Waals surface area (Å²) in [5, 5.41) is 6.91. The molecule has 0 saturated carbocycles. The molecule has 0 bridgehead atoms. The monoisotopic (exact) mass is 384 g/mol. The Hall–Kier alpha value is -2.81. The summed E-state index contributed by atoms with van der Waals surface area (Å²) in [6, 6.07) is 1.74. The number of amides is 2. The van der Waals surface area contributed by atoms with E-state index >= 15 is 0 Å². The molecule has 1 fully saturated rings. The van der Waals surface area contributed by atoms with E-state index in [-0.39, 0.29) is 17.7 Å². The summed E-state index contributed by atoms with van der Waals surface area (Å²) >= 11 is 1.38. The van der Waals surface area contributed by atoms with Crippen LogP contribution in [0.4, 0.5) is 0 Å². The van der Waals surface area contributed by atoms with Gasteiger partial charge in [-0.15, -0.1) is 11.3 Å². The zero-order valence-electron chi connectivity index (χ0n) is 15.2. The second-order valence-electron chi connectivity index (χ2n) is 6.58. The van der Waals surface area contributed by atoms with Gasteiger partial charge in [-0.1, -0.05) is 0 Å². The van der Waals surface area contributed by atoms with Crippen LogP contribution in [-0.4, -0.2) is 56.6 Å². The topological polar surface area (TPSA) is 93.0 Å². The number of nitrogens with one attached hydrogen (secondary N) is 1. The molecule has 0 unspecified atom stereocenters. The van der Waals surface area contributed by atoms with Gasteiger partial charge in [0, 0.05) is 51.3 Å². The first-order valence-electron chi connectivity index (χ1n) is 8.83. The van der Waals surface area contributed by atoms with E-state index in [1.165, 1.54) is 11.3 Å². The summed E-state index contributed by atoms with van der Waals surface area (Å²) in [7, 11) is 3.43. The lowest BCUT2D eigenvalue weighted by atomic mass is 9.88. The zero-order valence-corrected chi connectivity index (χ0v) is 16.0. The highest BCUT2D eigenvalue weighted by Gasteiger charge is 2.31. The lowest BCUT2D eigenvalue weighted by Crippen LogP contribution is -2.38. The number of thiophene rings is 1. The average molecular weight is 384 g/mol. The summed E-state index contributed by atoms with van der Waals surface area (Å²) < 4.78 is 1.63. The number of nitrogens with zero attached hydrogens (tertiary/aromatic N) is 5. The standard InChI is InChI=1S/C18H20N6O2S/c1-19-16(25)15-13(14-17(27-15)21-7-6-20-14)11-3-9-24(10-4-11)18(26)12-5-8-23(2)22-12/h5-8,11H,3-4,9-10H2,1-2H3,(H,19,25). The number of likely N-dealkylation sites (tertiary alicyclic amines) is 1. The van der Waals surface area contributed by atoms with E-state index in [0.717, 1.165) is 28.8 Å². The molecule has 0 aliphatic carbocycles. The number of rotatable bonds is 3. The molecule has 1 aliphatic heterocycles. The molecule has 8 nitrogen and oxygen atoms in total. The van der Waals surface area contributed by atoms with Crippen LogP contribution in [0.1, 0.15) is 44.5 Å². The number of hydrogen-bond acceptors (Lipinski definition) is 6. The molecule has 9 heteroatoms. The fourth-order valence-electron chi connectivity index (χ4n) is 3.57. The number of aryl methyl sites for hydroxylation is 1. The van der Waals surface area contributed by atoms with Crippen molar-refractivity contribution in [2.24, 2.45) is 7.05 Å². The van der Waals surface area contributed by atoms with Gasteiger partial charge >= 0.3 is 0 Å². The average Bonchev–Trinajstić information content (AvgIpc) is 3.30. The van der Waals surface area contributed by atoms with Crippen molar-refractivity contribution in [1.82, 2.24) is 30.0 Å². The van der Waals surface area contributed by atoms with Crippen LogP contribution < -0.4 is 5.32 Å². The van der Waals surface area contributed by atoms with Crippen molar-refractivity contribution in [3.63, 3.8) is 0 Å². The van der Waals surface area contributed by atoms with E-state index in [1.807, 2.05) is 4.90 Å². The molecule has 2 amide bonds. The maximum absolute atomic E-state index is 12.6. The van der Waals surface area contributed by atoms with Crippen LogP contribution in [0.25, 0.3) is 10.3 Å². The highest BCUT2D eigenvalue weighted by Crippen LogP contribution is 2.39. The van der Waals surface area contributed by atoms with Crippen LogP contribution in [0.5, 0.6) is 0 Å². The van der Waals surface area contributed by atoms with Crippen molar-refractivity contribution in [1.29, 1.82) is 0 Å². The first-order chi connectivity index (χ1) is 13.1. The van der Waals surface area contributed by atoms with Gasteiger partial charge < -0.3 is 10.2 Å². The Labute approximate surface area is 160 Å². The molecule has 1 saturated heterocycles. The fraction of sp³-hybridized carbons (Fsp3) is 0.389. The molecule has 1 N–H and O–H groups in total. The summed E-state index contributed by atoms with van der Waals surface area (Å²) in [5.41, 5.74) is 2.23. The van der Waals surface area contributed by atoms with Crippen LogP contribution in [0.2, 0.25) is 0 Å². The van der Waals surface area contributed by atoms with Gasteiger partial charge in [0.25, 0.3) is 11.8 Å². The first kappa shape index (κ1) is 17.6. The molecule has 4 rings (SSSR count). The minimum Gasteiger partial charge on any atom is -0.354 e. The van der Waals surface area contributed by atoms with E-state index in [9.17, 15) is 9.59 Å². The van der Waals surface area contributed by atoms with Crippen molar-refractivity contribution in [2.45, 2.75) is 18.8 Å². The van der Waals surface area contributed by atoms with Gasteiger partial charge in [0.15, 0.2) is 0 Å². The highest BCUT2D eigenvalue weighted by molar-refractivity contribution is 7.20. The molecular weight excluding hydrogens is 364 g/mol. The summed E-state index contributed by atoms with van der Waals surface area (Å²) in [4.78, 5) is 37.1. The Morgan fingerprint density at radius 1 is 1.22 bits per heavy atom. The molecule has 27 heavy (non-hydrogen) atoms. The van der Waals surface area contributed by atoms with Crippen LogP contribution in [0.15, 0.2) is 24.7 Å². The molecular formula is C18H20N6O2S. The maximum atomic E-state index is 12.6. The lowest BCUT2D eigenvalue weighted by molar-refractivity contribution is 0.0705. The fourth-order valence-corrected chi connectivity index (χ4v) is 4.70. The zero-order chi connectivity index (χ0) is 19.0. The highest BCUT2D eigenvalue weighted by atomic mass is 32.1. The van der Waals surface area contributed by atoms with Crippen molar-refractivity contribution < 1.29 is 9.59 Å². The van der Waals surface area contributed by atoms with Gasteiger partial charge in [0.1, 0.15) is 16.0 Å². The van der Waals surface area contributed by atoms with Crippen molar-refractivity contribution in [3.8, 4) is 0 Å². The smallest absolute Gasteiger partial charge is 0.274 e. The van der Waals surface area contributed by atoms with Crippen molar-refractivity contribution in [2.75, 3.05) is 20.1 Å². The Morgan fingerprint density at radius 2 is 1.96 bits per heavy atom. The lowest BCUT2D eigenvalue weighted by Gasteiger charge is -2.31. The quantitative estimate of drug-likeness (QED) is 0.743. The summed E-state index contributed by atoms with van der Waals surface area (Å²) in [5.74, 6) is 0.0212. The number of fused-ring (bicyclic) bond motifs is 1. The third-order valence-corrected chi connectivity index (χ3v) is 6.02. The number of carbonyl (C=O) groups is 2. The molecule has 140 valence electrons. The van der Waals surface area contributed by atoms with Gasteiger partial charge in [0.05, 0.1) is 4.88 Å². The Morgan fingerprint density at radius 3 is 2.63 bits per heavy atom. The Bertz CT molecular complexity index is 1000. The Balaban J connectivity index is 1.58. The third kappa shape index (κ3) is 3.18. The number of hydrogen-bond donors (Lipinski definition) is 1. The molecule has 0 radical (unpaired) electrons. The second-order valence-corrected chi connectivity index (χ2v) is 7.57. The number of carbonyl (C=O) groups excluding carboxylic acids is 2. The molecule has 1 aliphatic rings. The van der Waals surface area contributed by atoms with Crippen LogP contribution in [0.3, 0.4) is 0 Å². The first-order valence-corrected chi connectivity index (χ1v) is 9.64. The number of aromatic nitrogens is 4. The van der Waals surface area contributed by atoms with Crippen molar-refractivity contribution in [3.05, 3.63) is 40.8 Å². The van der Waals surface area contributed by atoms with E-state index in [1.54, 1.807) is 43.4 Å². The predicted octanol–water partition coefficient (Wildman–Crippen LogP) is 1.80. The van der Waals surface area contributed by atoms with E-state index in [0.29, 0.717) is 23.7 Å². The maximum Gasteiger partial charge on any atom is 0.274 e. The minimum absolute atomic E-state index is 0.0458. The largest absolute Gasteiger partial charge is 0.354 e. The third-order valence-electron chi connectivity index (χ3n) is 4.92. The molecule has 0 atom stereocenters. The van der Waals surface area contributed by atoms with Crippen LogP contribution in [0, 0.1) is 0 Å². The normalized spacial score (nSPS) is 15.3. The van der Waals surface area contributed by atoms with Crippen LogP contribution >= 0.6 is 11.3 Å². The molecule has 4 heterocycles. The second kappa shape index (κ2) is 7.07. The van der Waals surface area contributed by atoms with Gasteiger partial charge in [0.2, 0.25) is 0 Å². The van der Waals surface area contributed by atoms with E-state index in [2.05, 4.69) is 20.4 Å². The molecule has 3 aromatic heterocycles. The molecule has 0 spiro atoms. The van der Waals surface area contributed by atoms with Gasteiger partial charge in [-0.05, 0) is 24.8 Å². The van der Waals surface area contributed by atoms with Gasteiger partial charge in [-0.2, -0.15) is 5.10 Å². The summed E-state index contributed by atoms with van der Waals surface area (Å²) in [6.07, 6.45) is 6.64. The SMILES string of the molecule is CNC(=O)c1sc2nccnc2c1C1CCN(C(=O)c2ccn(C)n2)CC1. The van der Waals surface area contributed by atoms with E-state index < -0.39 is 0 Å². The van der Waals surface area contributed by atoms with Crippen LogP contribution in [-0.2, 0) is 7.05 Å². The molecule has 3 aromatic rings. The van der Waals surface area contributed by atoms with Gasteiger partial charge in [-0.3, -0.25) is 19.3 Å². The van der Waals surface area contributed by atoms with E-state index in [4.69, 9.17) is 0 Å². The van der Waals surface area contributed by atoms with Gasteiger partial charge in [-0.25, -0.2) is 4.98 Å².